The Labute approximate surface area is 183 Å². The molecule has 0 aromatic heterocycles. The van der Waals surface area contributed by atoms with Crippen LogP contribution in [0.15, 0.2) is 48.5 Å². The summed E-state index contributed by atoms with van der Waals surface area (Å²) in [6.45, 7) is 2.41. The molecule has 2 aromatic carbocycles. The number of carbonyl (C=O) groups excluding carboxylic acids is 2. The summed E-state index contributed by atoms with van der Waals surface area (Å²) in [5.74, 6) is -0.0968. The molecule has 1 N–H and O–H groups in total. The third kappa shape index (κ3) is 4.24. The van der Waals surface area contributed by atoms with Gasteiger partial charge in [0.2, 0.25) is 5.91 Å². The third-order valence-electron chi connectivity index (χ3n) is 6.59. The summed E-state index contributed by atoms with van der Waals surface area (Å²) in [6.07, 6.45) is 6.82. The van der Waals surface area contributed by atoms with Gasteiger partial charge >= 0.3 is 0 Å². The second-order valence-corrected chi connectivity index (χ2v) is 9.19. The molecular weight excluding hydrogens is 396 g/mol. The highest BCUT2D eigenvalue weighted by molar-refractivity contribution is 6.30. The van der Waals surface area contributed by atoms with E-state index in [-0.39, 0.29) is 17.9 Å². The van der Waals surface area contributed by atoms with Gasteiger partial charge in [-0.05, 0) is 55.5 Å². The van der Waals surface area contributed by atoms with Crippen molar-refractivity contribution in [1.82, 2.24) is 10.2 Å². The van der Waals surface area contributed by atoms with Crippen molar-refractivity contribution in [2.24, 2.45) is 0 Å². The van der Waals surface area contributed by atoms with Crippen molar-refractivity contribution in [3.05, 3.63) is 70.2 Å². The van der Waals surface area contributed by atoms with Crippen molar-refractivity contribution in [3.8, 4) is 0 Å². The molecule has 0 saturated heterocycles. The minimum atomic E-state index is -0.894. The molecule has 0 bridgehead atoms. The van der Waals surface area contributed by atoms with E-state index in [0.29, 0.717) is 30.0 Å². The van der Waals surface area contributed by atoms with E-state index < -0.39 is 5.54 Å². The van der Waals surface area contributed by atoms with E-state index in [1.54, 1.807) is 4.90 Å². The number of halogens is 1. The minimum absolute atomic E-state index is 0.0339. The molecule has 1 fully saturated rings. The first-order valence-corrected chi connectivity index (χ1v) is 11.3. The summed E-state index contributed by atoms with van der Waals surface area (Å²) < 4.78 is 0. The Morgan fingerprint density at radius 3 is 2.53 bits per heavy atom. The number of hydrogen-bond donors (Lipinski definition) is 1. The summed E-state index contributed by atoms with van der Waals surface area (Å²) in [6, 6.07) is 15.6. The molecule has 0 unspecified atom stereocenters. The van der Waals surface area contributed by atoms with Crippen LogP contribution in [0.4, 0.5) is 0 Å². The number of nitrogens with zero attached hydrogens (tertiary/aromatic N) is 1. The average Bonchev–Trinajstić information content (AvgIpc) is 2.75. The second-order valence-electron chi connectivity index (χ2n) is 8.75. The Morgan fingerprint density at radius 1 is 1.10 bits per heavy atom. The fourth-order valence-corrected chi connectivity index (χ4v) is 4.88. The highest BCUT2D eigenvalue weighted by Gasteiger charge is 2.46. The van der Waals surface area contributed by atoms with E-state index in [0.717, 1.165) is 36.8 Å². The van der Waals surface area contributed by atoms with Crippen molar-refractivity contribution < 1.29 is 9.59 Å². The Kier molecular flexibility index (Phi) is 6.14. The van der Waals surface area contributed by atoms with Gasteiger partial charge in [0, 0.05) is 29.6 Å². The predicted molar refractivity (Wildman–Crippen MR) is 120 cm³/mol. The molecule has 4 nitrogen and oxygen atoms in total. The molecule has 1 atom stereocenters. The smallest absolute Gasteiger partial charge is 0.255 e. The second kappa shape index (κ2) is 8.81. The summed E-state index contributed by atoms with van der Waals surface area (Å²) in [5, 5.41) is 3.96. The first-order chi connectivity index (χ1) is 14.5. The molecule has 2 aromatic rings. The van der Waals surface area contributed by atoms with E-state index in [2.05, 4.69) is 5.32 Å². The zero-order valence-corrected chi connectivity index (χ0v) is 18.3. The lowest BCUT2D eigenvalue weighted by Gasteiger charge is -2.45. The zero-order valence-electron chi connectivity index (χ0n) is 17.5. The van der Waals surface area contributed by atoms with Gasteiger partial charge in [-0.15, -0.1) is 0 Å². The van der Waals surface area contributed by atoms with Crippen LogP contribution in [-0.4, -0.2) is 34.8 Å². The number of carbonyl (C=O) groups is 2. The van der Waals surface area contributed by atoms with Gasteiger partial charge in [-0.2, -0.15) is 0 Å². The first kappa shape index (κ1) is 20.9. The maximum Gasteiger partial charge on any atom is 0.255 e. The molecular formula is C25H29ClN2O2. The average molecular weight is 425 g/mol. The van der Waals surface area contributed by atoms with Crippen molar-refractivity contribution in [3.63, 3.8) is 0 Å². The molecule has 2 amide bonds. The molecule has 4 rings (SSSR count). The molecule has 1 aliphatic heterocycles. The maximum absolute atomic E-state index is 13.5. The van der Waals surface area contributed by atoms with Crippen LogP contribution in [0.25, 0.3) is 0 Å². The van der Waals surface area contributed by atoms with E-state index >= 15 is 0 Å². The molecule has 1 aliphatic carbocycles. The highest BCUT2D eigenvalue weighted by atomic mass is 35.5. The predicted octanol–water partition coefficient (Wildman–Crippen LogP) is 4.79. The van der Waals surface area contributed by atoms with Gasteiger partial charge in [-0.3, -0.25) is 9.59 Å². The Morgan fingerprint density at radius 2 is 1.80 bits per heavy atom. The lowest BCUT2D eigenvalue weighted by molar-refractivity contribution is -0.132. The molecule has 30 heavy (non-hydrogen) atoms. The monoisotopic (exact) mass is 424 g/mol. The normalized spacial score (nSPS) is 21.9. The van der Waals surface area contributed by atoms with Crippen LogP contribution in [-0.2, 0) is 17.6 Å². The molecule has 0 radical (unpaired) electrons. The summed E-state index contributed by atoms with van der Waals surface area (Å²) >= 11 is 6.00. The lowest BCUT2D eigenvalue weighted by atomic mass is 9.82. The van der Waals surface area contributed by atoms with Crippen LogP contribution in [0.1, 0.15) is 60.5 Å². The van der Waals surface area contributed by atoms with Crippen LogP contribution >= 0.6 is 11.6 Å². The standard InChI is InChI=1S/C25H29ClN2O2/c1-25(24(30)27-21-8-3-2-4-9-21)17-19-7-5-6-10-22(19)23(29)28(25)16-15-18-11-13-20(26)14-12-18/h5-7,10-14,21H,2-4,8-9,15-17H2,1H3,(H,27,30)/t25-/m1/s1. The molecule has 158 valence electrons. The van der Waals surface area contributed by atoms with Gasteiger partial charge in [0.1, 0.15) is 5.54 Å². The van der Waals surface area contributed by atoms with Crippen molar-refractivity contribution >= 4 is 23.4 Å². The van der Waals surface area contributed by atoms with E-state index in [1.807, 2.05) is 55.5 Å². The number of benzene rings is 2. The fourth-order valence-electron chi connectivity index (χ4n) is 4.75. The summed E-state index contributed by atoms with van der Waals surface area (Å²) in [7, 11) is 0. The van der Waals surface area contributed by atoms with Gasteiger partial charge in [0.25, 0.3) is 5.91 Å². The van der Waals surface area contributed by atoms with Gasteiger partial charge in [-0.25, -0.2) is 0 Å². The van der Waals surface area contributed by atoms with E-state index in [9.17, 15) is 9.59 Å². The molecule has 2 aliphatic rings. The number of amides is 2. The number of rotatable bonds is 5. The molecule has 5 heteroatoms. The van der Waals surface area contributed by atoms with Crippen LogP contribution in [0.2, 0.25) is 5.02 Å². The molecule has 0 spiro atoms. The van der Waals surface area contributed by atoms with Crippen LogP contribution < -0.4 is 5.32 Å². The summed E-state index contributed by atoms with van der Waals surface area (Å²) in [4.78, 5) is 28.7. The van der Waals surface area contributed by atoms with E-state index in [1.165, 1.54) is 6.42 Å². The Bertz CT molecular complexity index is 921. The van der Waals surface area contributed by atoms with Crippen molar-refractivity contribution in [2.75, 3.05) is 6.54 Å². The number of fused-ring (bicyclic) bond motifs is 1. The third-order valence-corrected chi connectivity index (χ3v) is 6.84. The van der Waals surface area contributed by atoms with Gasteiger partial charge < -0.3 is 10.2 Å². The first-order valence-electron chi connectivity index (χ1n) is 10.9. The Balaban J connectivity index is 1.59. The lowest BCUT2D eigenvalue weighted by Crippen LogP contribution is -2.64. The Hall–Kier alpha value is -2.33. The fraction of sp³-hybridized carbons (Fsp3) is 0.440. The van der Waals surface area contributed by atoms with Crippen LogP contribution in [0, 0.1) is 0 Å². The number of nitrogens with one attached hydrogen (secondary N) is 1. The van der Waals surface area contributed by atoms with Gasteiger partial charge in [0.05, 0.1) is 0 Å². The summed E-state index contributed by atoms with van der Waals surface area (Å²) in [5.41, 5.74) is 1.86. The minimum Gasteiger partial charge on any atom is -0.351 e. The zero-order chi connectivity index (χ0) is 21.1. The van der Waals surface area contributed by atoms with Crippen molar-refractivity contribution in [1.29, 1.82) is 0 Å². The maximum atomic E-state index is 13.5. The van der Waals surface area contributed by atoms with Gasteiger partial charge in [0.15, 0.2) is 0 Å². The SMILES string of the molecule is C[C@]1(C(=O)NC2CCCCC2)Cc2ccccc2C(=O)N1CCc1ccc(Cl)cc1. The van der Waals surface area contributed by atoms with Crippen LogP contribution in [0.5, 0.6) is 0 Å². The van der Waals surface area contributed by atoms with Crippen LogP contribution in [0.3, 0.4) is 0 Å². The highest BCUT2D eigenvalue weighted by Crippen LogP contribution is 2.32. The van der Waals surface area contributed by atoms with Crippen molar-refractivity contribution in [2.45, 2.75) is 63.5 Å². The van der Waals surface area contributed by atoms with E-state index in [4.69, 9.17) is 11.6 Å². The topological polar surface area (TPSA) is 49.4 Å². The van der Waals surface area contributed by atoms with Gasteiger partial charge in [-0.1, -0.05) is 61.2 Å². The largest absolute Gasteiger partial charge is 0.351 e. The molecule has 1 saturated carbocycles. The molecule has 1 heterocycles. The number of hydrogen-bond acceptors (Lipinski definition) is 2. The quantitative estimate of drug-likeness (QED) is 0.750.